The second kappa shape index (κ2) is 8.56. The highest BCUT2D eigenvalue weighted by Gasteiger charge is 2.28. The lowest BCUT2D eigenvalue weighted by Crippen LogP contribution is -2.40. The standard InChI is InChI=1S/C20H30N2O3/c1-3-6-15(2)21-20(23)14-22-10-4-7-17(22)16-8-9-18-19(13-16)25-12-5-11-24-18/h8-9,13,15,17H,3-7,10-12,14H2,1-2H3,(H,21,23)/t15-,17+/m0/s1. The van der Waals surface area contributed by atoms with Crippen LogP contribution in [0.4, 0.5) is 0 Å². The number of likely N-dealkylation sites (tertiary alicyclic amines) is 1. The van der Waals surface area contributed by atoms with Gasteiger partial charge in [-0.2, -0.15) is 0 Å². The molecule has 0 spiro atoms. The number of nitrogens with zero attached hydrogens (tertiary/aromatic N) is 1. The number of fused-ring (bicyclic) bond motifs is 1. The average molecular weight is 346 g/mol. The maximum absolute atomic E-state index is 12.3. The molecule has 2 aliphatic rings. The number of rotatable bonds is 6. The fourth-order valence-electron chi connectivity index (χ4n) is 3.79. The number of hydrogen-bond acceptors (Lipinski definition) is 4. The van der Waals surface area contributed by atoms with E-state index < -0.39 is 0 Å². The third-order valence-corrected chi connectivity index (χ3v) is 5.00. The Balaban J connectivity index is 1.65. The highest BCUT2D eigenvalue weighted by atomic mass is 16.5. The van der Waals surface area contributed by atoms with Gasteiger partial charge >= 0.3 is 0 Å². The molecule has 2 heterocycles. The van der Waals surface area contributed by atoms with Crippen molar-refractivity contribution in [2.45, 2.75) is 58.0 Å². The van der Waals surface area contributed by atoms with Gasteiger partial charge in [0.25, 0.3) is 0 Å². The van der Waals surface area contributed by atoms with E-state index in [1.807, 2.05) is 6.07 Å². The van der Waals surface area contributed by atoms with E-state index in [0.29, 0.717) is 19.8 Å². The van der Waals surface area contributed by atoms with Gasteiger partial charge in [0.05, 0.1) is 19.8 Å². The average Bonchev–Trinajstić information content (AvgIpc) is 2.90. The van der Waals surface area contributed by atoms with Crippen LogP contribution in [0.2, 0.25) is 0 Å². The highest BCUT2D eigenvalue weighted by molar-refractivity contribution is 5.78. The van der Waals surface area contributed by atoms with E-state index in [9.17, 15) is 4.79 Å². The van der Waals surface area contributed by atoms with Gasteiger partial charge in [-0.1, -0.05) is 19.4 Å². The van der Waals surface area contributed by atoms with Crippen LogP contribution in [0, 0.1) is 0 Å². The van der Waals surface area contributed by atoms with Gasteiger partial charge in [0, 0.05) is 18.5 Å². The molecule has 1 amide bonds. The maximum atomic E-state index is 12.3. The first kappa shape index (κ1) is 18.1. The number of carbonyl (C=O) groups excluding carboxylic acids is 1. The van der Waals surface area contributed by atoms with Crippen molar-refractivity contribution in [2.75, 3.05) is 26.3 Å². The predicted molar refractivity (Wildman–Crippen MR) is 98.1 cm³/mol. The number of carbonyl (C=O) groups is 1. The number of ether oxygens (including phenoxy) is 2. The van der Waals surface area contributed by atoms with Crippen LogP contribution in [-0.2, 0) is 4.79 Å². The molecule has 1 fully saturated rings. The molecule has 138 valence electrons. The maximum Gasteiger partial charge on any atom is 0.234 e. The van der Waals surface area contributed by atoms with Gasteiger partial charge in [-0.05, 0) is 50.4 Å². The van der Waals surface area contributed by atoms with Gasteiger partial charge in [0.1, 0.15) is 0 Å². The van der Waals surface area contributed by atoms with Crippen molar-refractivity contribution in [2.24, 2.45) is 0 Å². The first-order valence-electron chi connectivity index (χ1n) is 9.60. The van der Waals surface area contributed by atoms with Crippen molar-refractivity contribution in [3.8, 4) is 11.5 Å². The summed E-state index contributed by atoms with van der Waals surface area (Å²) in [7, 11) is 0. The Morgan fingerprint density at radius 2 is 2.08 bits per heavy atom. The van der Waals surface area contributed by atoms with Crippen LogP contribution in [0.15, 0.2) is 18.2 Å². The molecule has 0 saturated carbocycles. The Morgan fingerprint density at radius 3 is 2.88 bits per heavy atom. The molecule has 1 aromatic rings. The van der Waals surface area contributed by atoms with E-state index in [1.165, 1.54) is 5.56 Å². The Hall–Kier alpha value is -1.75. The SMILES string of the molecule is CCC[C@H](C)NC(=O)CN1CCC[C@@H]1c1ccc2c(c1)OCCCO2. The van der Waals surface area contributed by atoms with Gasteiger partial charge in [-0.3, -0.25) is 9.69 Å². The number of nitrogens with one attached hydrogen (secondary N) is 1. The Labute approximate surface area is 150 Å². The van der Waals surface area contributed by atoms with Crippen molar-refractivity contribution in [1.29, 1.82) is 0 Å². The topological polar surface area (TPSA) is 50.8 Å². The number of amides is 1. The van der Waals surface area contributed by atoms with E-state index in [1.54, 1.807) is 0 Å². The predicted octanol–water partition coefficient (Wildman–Crippen LogP) is 3.29. The van der Waals surface area contributed by atoms with Gasteiger partial charge < -0.3 is 14.8 Å². The van der Waals surface area contributed by atoms with Crippen molar-refractivity contribution in [1.82, 2.24) is 10.2 Å². The highest BCUT2D eigenvalue weighted by Crippen LogP contribution is 2.37. The van der Waals surface area contributed by atoms with Crippen LogP contribution in [0.3, 0.4) is 0 Å². The van der Waals surface area contributed by atoms with E-state index >= 15 is 0 Å². The summed E-state index contributed by atoms with van der Waals surface area (Å²) in [6.07, 6.45) is 5.23. The molecule has 25 heavy (non-hydrogen) atoms. The van der Waals surface area contributed by atoms with Crippen LogP contribution in [-0.4, -0.2) is 43.2 Å². The quantitative estimate of drug-likeness (QED) is 0.859. The molecule has 2 atom stereocenters. The summed E-state index contributed by atoms with van der Waals surface area (Å²) >= 11 is 0. The van der Waals surface area contributed by atoms with E-state index in [0.717, 1.165) is 50.1 Å². The minimum Gasteiger partial charge on any atom is -0.490 e. The van der Waals surface area contributed by atoms with Crippen LogP contribution < -0.4 is 14.8 Å². The zero-order valence-electron chi connectivity index (χ0n) is 15.4. The summed E-state index contributed by atoms with van der Waals surface area (Å²) in [5, 5.41) is 3.11. The molecule has 1 saturated heterocycles. The number of benzene rings is 1. The monoisotopic (exact) mass is 346 g/mol. The fraction of sp³-hybridized carbons (Fsp3) is 0.650. The van der Waals surface area contributed by atoms with Crippen LogP contribution in [0.1, 0.15) is 57.6 Å². The minimum atomic E-state index is 0.127. The molecule has 0 unspecified atom stereocenters. The zero-order valence-corrected chi connectivity index (χ0v) is 15.4. The summed E-state index contributed by atoms with van der Waals surface area (Å²) in [5.74, 6) is 1.79. The first-order chi connectivity index (χ1) is 12.2. The summed E-state index contributed by atoms with van der Waals surface area (Å²) < 4.78 is 11.5. The van der Waals surface area contributed by atoms with Crippen molar-refractivity contribution < 1.29 is 14.3 Å². The molecule has 0 aliphatic carbocycles. The Morgan fingerprint density at radius 1 is 1.28 bits per heavy atom. The van der Waals surface area contributed by atoms with E-state index in [2.05, 4.69) is 36.2 Å². The summed E-state index contributed by atoms with van der Waals surface area (Å²) in [6.45, 7) is 7.05. The van der Waals surface area contributed by atoms with Crippen LogP contribution >= 0.6 is 0 Å². The molecule has 0 aromatic heterocycles. The fourth-order valence-corrected chi connectivity index (χ4v) is 3.79. The largest absolute Gasteiger partial charge is 0.490 e. The second-order valence-corrected chi connectivity index (χ2v) is 7.14. The van der Waals surface area contributed by atoms with Crippen molar-refractivity contribution in [3.63, 3.8) is 0 Å². The van der Waals surface area contributed by atoms with Crippen molar-refractivity contribution in [3.05, 3.63) is 23.8 Å². The van der Waals surface area contributed by atoms with Gasteiger partial charge in [-0.15, -0.1) is 0 Å². The molecule has 1 N–H and O–H groups in total. The lowest BCUT2D eigenvalue weighted by atomic mass is 10.0. The smallest absolute Gasteiger partial charge is 0.234 e. The van der Waals surface area contributed by atoms with Gasteiger partial charge in [-0.25, -0.2) is 0 Å². The lowest BCUT2D eigenvalue weighted by Gasteiger charge is -2.25. The molecule has 5 nitrogen and oxygen atoms in total. The first-order valence-corrected chi connectivity index (χ1v) is 9.60. The Kier molecular flexibility index (Phi) is 6.19. The summed E-state index contributed by atoms with van der Waals surface area (Å²) in [5.41, 5.74) is 1.22. The van der Waals surface area contributed by atoms with Gasteiger partial charge in [0.2, 0.25) is 5.91 Å². The third kappa shape index (κ3) is 4.66. The molecule has 2 aliphatic heterocycles. The van der Waals surface area contributed by atoms with Crippen LogP contribution in [0.5, 0.6) is 11.5 Å². The van der Waals surface area contributed by atoms with Gasteiger partial charge in [0.15, 0.2) is 11.5 Å². The molecular weight excluding hydrogens is 316 g/mol. The Bertz CT molecular complexity index is 590. The number of hydrogen-bond donors (Lipinski definition) is 1. The third-order valence-electron chi connectivity index (χ3n) is 5.00. The normalized spacial score (nSPS) is 21.6. The molecular formula is C20H30N2O3. The molecule has 3 rings (SSSR count). The lowest BCUT2D eigenvalue weighted by molar-refractivity contribution is -0.123. The van der Waals surface area contributed by atoms with E-state index in [4.69, 9.17) is 9.47 Å². The minimum absolute atomic E-state index is 0.127. The van der Waals surface area contributed by atoms with E-state index in [-0.39, 0.29) is 18.0 Å². The zero-order chi connectivity index (χ0) is 17.6. The second-order valence-electron chi connectivity index (χ2n) is 7.14. The molecule has 0 bridgehead atoms. The van der Waals surface area contributed by atoms with Crippen molar-refractivity contribution >= 4 is 5.91 Å². The molecule has 0 radical (unpaired) electrons. The summed E-state index contributed by atoms with van der Waals surface area (Å²) in [6, 6.07) is 6.76. The summed E-state index contributed by atoms with van der Waals surface area (Å²) in [4.78, 5) is 14.6. The molecule has 1 aromatic carbocycles. The van der Waals surface area contributed by atoms with Crippen LogP contribution in [0.25, 0.3) is 0 Å². The molecule has 5 heteroatoms.